The van der Waals surface area contributed by atoms with Gasteiger partial charge in [0.05, 0.1) is 0 Å². The summed E-state index contributed by atoms with van der Waals surface area (Å²) in [5.74, 6) is 3.20. The van der Waals surface area contributed by atoms with Crippen molar-refractivity contribution < 1.29 is 4.42 Å². The summed E-state index contributed by atoms with van der Waals surface area (Å²) >= 11 is 0. The minimum atomic E-state index is 0.340. The van der Waals surface area contributed by atoms with Gasteiger partial charge in [-0.15, -0.1) is 0 Å². The molecule has 0 aliphatic heterocycles. The summed E-state index contributed by atoms with van der Waals surface area (Å²) in [5, 5.41) is 3.98. The minimum absolute atomic E-state index is 0.340. The van der Waals surface area contributed by atoms with Gasteiger partial charge in [0, 0.05) is 24.1 Å². The molecule has 1 fully saturated rings. The van der Waals surface area contributed by atoms with Crippen molar-refractivity contribution in [3.63, 3.8) is 0 Å². The maximum absolute atomic E-state index is 5.96. The maximum atomic E-state index is 5.96. The monoisotopic (exact) mass is 289 g/mol. The standard InChI is InChI=1S/C19H31NO/c1-13-6-5-7-15(9-8-13)20-17-11-19(3,4)12-18-16(17)10-14(2)21-18/h10,13,15,17,20H,5-9,11-12H2,1-4H3. The first-order valence-corrected chi connectivity index (χ1v) is 8.78. The molecular weight excluding hydrogens is 258 g/mol. The van der Waals surface area contributed by atoms with Crippen LogP contribution in [-0.2, 0) is 6.42 Å². The first kappa shape index (κ1) is 15.1. The number of hydrogen-bond acceptors (Lipinski definition) is 2. The van der Waals surface area contributed by atoms with Gasteiger partial charge in [-0.05, 0) is 50.0 Å². The quantitative estimate of drug-likeness (QED) is 0.761. The van der Waals surface area contributed by atoms with Crippen LogP contribution in [0.1, 0.15) is 82.4 Å². The summed E-state index contributed by atoms with van der Waals surface area (Å²) in [5.41, 5.74) is 1.77. The fourth-order valence-corrected chi connectivity index (χ4v) is 4.27. The molecule has 21 heavy (non-hydrogen) atoms. The van der Waals surface area contributed by atoms with Crippen LogP contribution in [0.3, 0.4) is 0 Å². The molecular formula is C19H31NO. The maximum Gasteiger partial charge on any atom is 0.109 e. The van der Waals surface area contributed by atoms with Gasteiger partial charge in [-0.3, -0.25) is 0 Å². The van der Waals surface area contributed by atoms with Gasteiger partial charge in [-0.25, -0.2) is 0 Å². The molecule has 1 N–H and O–H groups in total. The van der Waals surface area contributed by atoms with Gasteiger partial charge < -0.3 is 9.73 Å². The van der Waals surface area contributed by atoms with Gasteiger partial charge in [0.25, 0.3) is 0 Å². The van der Waals surface area contributed by atoms with Crippen LogP contribution < -0.4 is 5.32 Å². The highest BCUT2D eigenvalue weighted by Crippen LogP contribution is 2.42. The summed E-state index contributed by atoms with van der Waals surface area (Å²) in [4.78, 5) is 0. The van der Waals surface area contributed by atoms with E-state index in [9.17, 15) is 0 Å². The molecule has 3 rings (SSSR count). The first-order chi connectivity index (χ1) is 9.93. The lowest BCUT2D eigenvalue weighted by atomic mass is 9.74. The SMILES string of the molecule is Cc1cc2c(o1)CC(C)(C)CC2NC1CCCC(C)CC1. The zero-order chi connectivity index (χ0) is 15.0. The summed E-state index contributed by atoms with van der Waals surface area (Å²) < 4.78 is 5.96. The van der Waals surface area contributed by atoms with E-state index < -0.39 is 0 Å². The molecule has 1 aromatic heterocycles. The average Bonchev–Trinajstić information content (AvgIpc) is 2.61. The highest BCUT2D eigenvalue weighted by atomic mass is 16.3. The van der Waals surface area contributed by atoms with E-state index in [4.69, 9.17) is 4.42 Å². The molecule has 1 heterocycles. The Balaban J connectivity index is 1.75. The Kier molecular flexibility index (Phi) is 4.18. The zero-order valence-electron chi connectivity index (χ0n) is 14.2. The third-order valence-electron chi connectivity index (χ3n) is 5.43. The van der Waals surface area contributed by atoms with Crippen LogP contribution in [0.4, 0.5) is 0 Å². The molecule has 0 spiro atoms. The van der Waals surface area contributed by atoms with Crippen LogP contribution >= 0.6 is 0 Å². The second-order valence-corrected chi connectivity index (χ2v) is 8.31. The van der Waals surface area contributed by atoms with E-state index in [-0.39, 0.29) is 0 Å². The fourth-order valence-electron chi connectivity index (χ4n) is 4.27. The number of rotatable bonds is 2. The number of hydrogen-bond donors (Lipinski definition) is 1. The van der Waals surface area contributed by atoms with Crippen molar-refractivity contribution >= 4 is 0 Å². The van der Waals surface area contributed by atoms with Crippen molar-refractivity contribution in [3.8, 4) is 0 Å². The van der Waals surface area contributed by atoms with Crippen LogP contribution in [-0.4, -0.2) is 6.04 Å². The smallest absolute Gasteiger partial charge is 0.109 e. The van der Waals surface area contributed by atoms with Crippen molar-refractivity contribution in [2.75, 3.05) is 0 Å². The van der Waals surface area contributed by atoms with E-state index in [1.54, 1.807) is 0 Å². The van der Waals surface area contributed by atoms with Crippen LogP contribution in [0.15, 0.2) is 10.5 Å². The highest BCUT2D eigenvalue weighted by molar-refractivity contribution is 5.29. The molecule has 0 radical (unpaired) electrons. The predicted molar refractivity (Wildman–Crippen MR) is 87.5 cm³/mol. The minimum Gasteiger partial charge on any atom is -0.466 e. The lowest BCUT2D eigenvalue weighted by Crippen LogP contribution is -2.38. The van der Waals surface area contributed by atoms with Gasteiger partial charge in [0.2, 0.25) is 0 Å². The Morgan fingerprint density at radius 3 is 2.81 bits per heavy atom. The molecule has 2 heteroatoms. The molecule has 0 aromatic carbocycles. The van der Waals surface area contributed by atoms with Crippen molar-refractivity contribution in [2.45, 2.75) is 84.7 Å². The van der Waals surface area contributed by atoms with E-state index in [1.807, 2.05) is 0 Å². The zero-order valence-corrected chi connectivity index (χ0v) is 14.2. The molecule has 0 saturated heterocycles. The van der Waals surface area contributed by atoms with Crippen LogP contribution in [0, 0.1) is 18.3 Å². The highest BCUT2D eigenvalue weighted by Gasteiger charge is 2.35. The van der Waals surface area contributed by atoms with E-state index in [0.29, 0.717) is 17.5 Å². The topological polar surface area (TPSA) is 25.2 Å². The number of furan rings is 1. The molecule has 2 aliphatic carbocycles. The van der Waals surface area contributed by atoms with E-state index >= 15 is 0 Å². The van der Waals surface area contributed by atoms with Gasteiger partial charge in [0.1, 0.15) is 11.5 Å². The summed E-state index contributed by atoms with van der Waals surface area (Å²) in [6.45, 7) is 9.23. The third-order valence-corrected chi connectivity index (χ3v) is 5.43. The molecule has 3 unspecified atom stereocenters. The largest absolute Gasteiger partial charge is 0.466 e. The molecule has 3 atom stereocenters. The summed E-state index contributed by atoms with van der Waals surface area (Å²) in [7, 11) is 0. The molecule has 2 aliphatic rings. The van der Waals surface area contributed by atoms with Crippen molar-refractivity contribution in [1.82, 2.24) is 5.32 Å². The molecule has 1 saturated carbocycles. The van der Waals surface area contributed by atoms with Gasteiger partial charge >= 0.3 is 0 Å². The molecule has 1 aromatic rings. The summed E-state index contributed by atoms with van der Waals surface area (Å²) in [6.07, 6.45) is 9.15. The summed E-state index contributed by atoms with van der Waals surface area (Å²) in [6, 6.07) is 3.44. The van der Waals surface area contributed by atoms with Crippen molar-refractivity contribution in [1.29, 1.82) is 0 Å². The van der Waals surface area contributed by atoms with Crippen LogP contribution in [0.25, 0.3) is 0 Å². The van der Waals surface area contributed by atoms with Crippen molar-refractivity contribution in [2.24, 2.45) is 11.3 Å². The molecule has 0 bridgehead atoms. The number of aryl methyl sites for hydroxylation is 1. The third kappa shape index (κ3) is 3.53. The molecule has 0 amide bonds. The van der Waals surface area contributed by atoms with Gasteiger partial charge in [-0.1, -0.05) is 33.6 Å². The fraction of sp³-hybridized carbons (Fsp3) is 0.789. The Morgan fingerprint density at radius 2 is 2.00 bits per heavy atom. The normalized spacial score (nSPS) is 32.5. The van der Waals surface area contributed by atoms with E-state index in [2.05, 4.69) is 39.1 Å². The first-order valence-electron chi connectivity index (χ1n) is 8.78. The lowest BCUT2D eigenvalue weighted by Gasteiger charge is -2.36. The van der Waals surface area contributed by atoms with E-state index in [1.165, 1.54) is 49.8 Å². The number of fused-ring (bicyclic) bond motifs is 1. The van der Waals surface area contributed by atoms with E-state index in [0.717, 1.165) is 18.1 Å². The number of nitrogens with one attached hydrogen (secondary N) is 1. The Morgan fingerprint density at radius 1 is 1.19 bits per heavy atom. The van der Waals surface area contributed by atoms with Gasteiger partial charge in [-0.2, -0.15) is 0 Å². The molecule has 2 nitrogen and oxygen atoms in total. The second kappa shape index (κ2) is 5.79. The average molecular weight is 289 g/mol. The lowest BCUT2D eigenvalue weighted by molar-refractivity contribution is 0.220. The Bertz CT molecular complexity index is 488. The van der Waals surface area contributed by atoms with Crippen LogP contribution in [0.2, 0.25) is 0 Å². The van der Waals surface area contributed by atoms with Crippen molar-refractivity contribution in [3.05, 3.63) is 23.2 Å². The van der Waals surface area contributed by atoms with Crippen LogP contribution in [0.5, 0.6) is 0 Å². The Labute approximate surface area is 129 Å². The van der Waals surface area contributed by atoms with Gasteiger partial charge in [0.15, 0.2) is 0 Å². The molecule has 118 valence electrons. The second-order valence-electron chi connectivity index (χ2n) is 8.31. The Hall–Kier alpha value is -0.760. The predicted octanol–water partition coefficient (Wildman–Crippen LogP) is 5.16.